The highest BCUT2D eigenvalue weighted by atomic mass is 16.5. The summed E-state index contributed by atoms with van der Waals surface area (Å²) in [4.78, 5) is 31.5. The number of hydrogen-bond donors (Lipinski definition) is 0. The third kappa shape index (κ3) is 3.81. The van der Waals surface area contributed by atoms with E-state index >= 15 is 0 Å². The Balaban J connectivity index is 1.54. The van der Waals surface area contributed by atoms with Gasteiger partial charge in [-0.1, -0.05) is 42.5 Å². The molecule has 2 aromatic carbocycles. The molecule has 4 rings (SSSR count). The number of carbonyl (C=O) groups excluding carboxylic acids is 2. The summed E-state index contributed by atoms with van der Waals surface area (Å²) in [6.45, 7) is 2.15. The molecule has 0 unspecified atom stereocenters. The van der Waals surface area contributed by atoms with E-state index < -0.39 is 0 Å². The van der Waals surface area contributed by atoms with Crippen LogP contribution < -0.4 is 4.74 Å². The Kier molecular flexibility index (Phi) is 5.19. The summed E-state index contributed by atoms with van der Waals surface area (Å²) >= 11 is 0. The smallest absolute Gasteiger partial charge is 0.260 e. The molecule has 6 heteroatoms. The van der Waals surface area contributed by atoms with E-state index in [0.717, 1.165) is 28.6 Å². The van der Waals surface area contributed by atoms with Gasteiger partial charge in [-0.3, -0.25) is 9.59 Å². The molecule has 0 atom stereocenters. The number of ether oxygens (including phenoxy) is 1. The van der Waals surface area contributed by atoms with Crippen LogP contribution in [0.3, 0.4) is 0 Å². The lowest BCUT2D eigenvalue weighted by atomic mass is 10.1. The van der Waals surface area contributed by atoms with E-state index in [0.29, 0.717) is 31.9 Å². The summed E-state index contributed by atoms with van der Waals surface area (Å²) in [5.41, 5.74) is 2.63. The van der Waals surface area contributed by atoms with E-state index in [1.807, 2.05) is 60.7 Å². The minimum atomic E-state index is -0.0762. The highest BCUT2D eigenvalue weighted by Gasteiger charge is 2.21. The number of piperazine rings is 1. The van der Waals surface area contributed by atoms with Gasteiger partial charge in [-0.2, -0.15) is 0 Å². The lowest BCUT2D eigenvalue weighted by molar-refractivity contribution is -0.137. The number of benzene rings is 2. The Hall–Kier alpha value is -3.41. The van der Waals surface area contributed by atoms with E-state index in [-0.39, 0.29) is 12.5 Å². The van der Waals surface area contributed by atoms with Crippen LogP contribution in [0.15, 0.2) is 60.7 Å². The zero-order valence-electron chi connectivity index (χ0n) is 15.5. The Morgan fingerprint density at radius 1 is 1.00 bits per heavy atom. The van der Waals surface area contributed by atoms with Gasteiger partial charge in [0, 0.05) is 43.2 Å². The first-order chi connectivity index (χ1) is 13.7. The maximum atomic E-state index is 12.5. The number of hydrogen-bond acceptors (Lipinski definition) is 4. The fourth-order valence-electron chi connectivity index (χ4n) is 3.33. The lowest BCUT2D eigenvalue weighted by Crippen LogP contribution is -2.49. The number of pyridine rings is 1. The number of amides is 2. The van der Waals surface area contributed by atoms with Crippen molar-refractivity contribution >= 4 is 23.2 Å². The standard InChI is InChI=1S/C22H21N3O3/c26-16-24-10-12-25(13-11-24)22(27)15-28-21-14-20(17-6-2-1-3-7-17)23-19-9-5-4-8-18(19)21/h1-9,14,16H,10-13,15H2. The second-order valence-electron chi connectivity index (χ2n) is 6.70. The van der Waals surface area contributed by atoms with Gasteiger partial charge in [0.15, 0.2) is 6.61 Å². The van der Waals surface area contributed by atoms with Crippen LogP contribution in [0.25, 0.3) is 22.2 Å². The van der Waals surface area contributed by atoms with Gasteiger partial charge in [-0.25, -0.2) is 4.98 Å². The molecule has 2 amide bonds. The van der Waals surface area contributed by atoms with Crippen LogP contribution in [0.1, 0.15) is 0 Å². The van der Waals surface area contributed by atoms with Crippen LogP contribution >= 0.6 is 0 Å². The average molecular weight is 375 g/mol. The maximum absolute atomic E-state index is 12.5. The molecule has 28 heavy (non-hydrogen) atoms. The molecule has 6 nitrogen and oxygen atoms in total. The number of nitrogens with zero attached hydrogens (tertiary/aromatic N) is 3. The molecule has 1 aliphatic heterocycles. The topological polar surface area (TPSA) is 62.7 Å². The summed E-state index contributed by atoms with van der Waals surface area (Å²) in [6, 6.07) is 19.5. The van der Waals surface area contributed by atoms with Crippen molar-refractivity contribution in [3.8, 4) is 17.0 Å². The Labute approximate surface area is 163 Å². The van der Waals surface area contributed by atoms with Crippen molar-refractivity contribution in [1.29, 1.82) is 0 Å². The highest BCUT2D eigenvalue weighted by molar-refractivity contribution is 5.88. The SMILES string of the molecule is O=CN1CCN(C(=O)COc2cc(-c3ccccc3)nc3ccccc23)CC1. The van der Waals surface area contributed by atoms with E-state index in [4.69, 9.17) is 9.72 Å². The van der Waals surface area contributed by atoms with Crippen molar-refractivity contribution in [2.24, 2.45) is 0 Å². The maximum Gasteiger partial charge on any atom is 0.260 e. The molecule has 0 aliphatic carbocycles. The van der Waals surface area contributed by atoms with Gasteiger partial charge >= 0.3 is 0 Å². The molecule has 0 spiro atoms. The van der Waals surface area contributed by atoms with Crippen molar-refractivity contribution in [2.45, 2.75) is 0 Å². The lowest BCUT2D eigenvalue weighted by Gasteiger charge is -2.32. The fraction of sp³-hybridized carbons (Fsp3) is 0.227. The summed E-state index contributed by atoms with van der Waals surface area (Å²) in [5, 5.41) is 0.876. The molecule has 142 valence electrons. The second kappa shape index (κ2) is 8.08. The summed E-state index contributed by atoms with van der Waals surface area (Å²) in [6.07, 6.45) is 0.826. The van der Waals surface area contributed by atoms with E-state index in [1.165, 1.54) is 0 Å². The Bertz CT molecular complexity index is 983. The van der Waals surface area contributed by atoms with E-state index in [1.54, 1.807) is 9.80 Å². The number of para-hydroxylation sites is 1. The number of rotatable bonds is 5. The third-order valence-corrected chi connectivity index (χ3v) is 4.91. The molecule has 0 N–H and O–H groups in total. The van der Waals surface area contributed by atoms with Crippen LogP contribution in [0.2, 0.25) is 0 Å². The average Bonchev–Trinajstić information content (AvgIpc) is 2.77. The van der Waals surface area contributed by atoms with Gasteiger partial charge in [-0.05, 0) is 12.1 Å². The number of carbonyl (C=O) groups is 2. The summed E-state index contributed by atoms with van der Waals surface area (Å²) in [5.74, 6) is 0.567. The number of aromatic nitrogens is 1. The minimum Gasteiger partial charge on any atom is -0.483 e. The van der Waals surface area contributed by atoms with Gasteiger partial charge in [-0.15, -0.1) is 0 Å². The van der Waals surface area contributed by atoms with Crippen LogP contribution in [0.4, 0.5) is 0 Å². The normalized spacial score (nSPS) is 14.1. The zero-order valence-corrected chi connectivity index (χ0v) is 15.5. The zero-order chi connectivity index (χ0) is 19.3. The molecule has 3 aromatic rings. The molecule has 1 fully saturated rings. The predicted octanol–water partition coefficient (Wildman–Crippen LogP) is 2.58. The van der Waals surface area contributed by atoms with Crippen LogP contribution in [-0.2, 0) is 9.59 Å². The molecule has 0 bridgehead atoms. The van der Waals surface area contributed by atoms with Crippen molar-refractivity contribution in [3.63, 3.8) is 0 Å². The molecular formula is C22H21N3O3. The summed E-state index contributed by atoms with van der Waals surface area (Å²) < 4.78 is 5.94. The monoisotopic (exact) mass is 375 g/mol. The van der Waals surface area contributed by atoms with Crippen LogP contribution in [-0.4, -0.2) is 59.9 Å². The molecular weight excluding hydrogens is 354 g/mol. The Morgan fingerprint density at radius 2 is 1.71 bits per heavy atom. The molecule has 0 saturated carbocycles. The van der Waals surface area contributed by atoms with Crippen molar-refractivity contribution in [2.75, 3.05) is 32.8 Å². The van der Waals surface area contributed by atoms with Gasteiger partial charge in [0.05, 0.1) is 11.2 Å². The van der Waals surface area contributed by atoms with Crippen molar-refractivity contribution in [1.82, 2.24) is 14.8 Å². The Morgan fingerprint density at radius 3 is 2.46 bits per heavy atom. The van der Waals surface area contributed by atoms with Crippen LogP contribution in [0.5, 0.6) is 5.75 Å². The van der Waals surface area contributed by atoms with Crippen LogP contribution in [0, 0.1) is 0 Å². The predicted molar refractivity (Wildman–Crippen MR) is 107 cm³/mol. The molecule has 0 radical (unpaired) electrons. The first-order valence-electron chi connectivity index (χ1n) is 9.30. The molecule has 1 saturated heterocycles. The molecule has 1 aliphatic rings. The molecule has 2 heterocycles. The van der Waals surface area contributed by atoms with E-state index in [2.05, 4.69) is 0 Å². The fourth-order valence-corrected chi connectivity index (χ4v) is 3.33. The van der Waals surface area contributed by atoms with Gasteiger partial charge in [0.25, 0.3) is 5.91 Å². The van der Waals surface area contributed by atoms with Gasteiger partial charge in [0.2, 0.25) is 6.41 Å². The third-order valence-electron chi connectivity index (χ3n) is 4.91. The first-order valence-corrected chi connectivity index (χ1v) is 9.30. The van der Waals surface area contributed by atoms with E-state index in [9.17, 15) is 9.59 Å². The first kappa shape index (κ1) is 18.0. The highest BCUT2D eigenvalue weighted by Crippen LogP contribution is 2.30. The van der Waals surface area contributed by atoms with Gasteiger partial charge < -0.3 is 14.5 Å². The molecule has 1 aromatic heterocycles. The summed E-state index contributed by atoms with van der Waals surface area (Å²) in [7, 11) is 0. The largest absolute Gasteiger partial charge is 0.483 e. The number of fused-ring (bicyclic) bond motifs is 1. The van der Waals surface area contributed by atoms with Gasteiger partial charge in [0.1, 0.15) is 5.75 Å². The van der Waals surface area contributed by atoms with Crippen molar-refractivity contribution in [3.05, 3.63) is 60.7 Å². The minimum absolute atomic E-state index is 0.0384. The quantitative estimate of drug-likeness (QED) is 0.643. The van der Waals surface area contributed by atoms with Crippen molar-refractivity contribution < 1.29 is 14.3 Å². The second-order valence-corrected chi connectivity index (χ2v) is 6.70.